The Labute approximate surface area is 111 Å². The largest absolute Gasteiger partial charge is 0.481 e. The molecule has 1 aliphatic rings. The fourth-order valence-electron chi connectivity index (χ4n) is 1.94. The Hall–Kier alpha value is -1.89. The molecule has 0 spiro atoms. The van der Waals surface area contributed by atoms with E-state index in [1.165, 1.54) is 14.2 Å². The number of rotatable bonds is 4. The van der Waals surface area contributed by atoms with Crippen molar-refractivity contribution >= 4 is 11.9 Å². The molecule has 0 unspecified atom stereocenters. The van der Waals surface area contributed by atoms with E-state index in [0.29, 0.717) is 11.8 Å². The summed E-state index contributed by atoms with van der Waals surface area (Å²) < 4.78 is 10.1. The quantitative estimate of drug-likeness (QED) is 0.829. The van der Waals surface area contributed by atoms with E-state index in [4.69, 9.17) is 9.47 Å². The molecule has 1 atom stereocenters. The summed E-state index contributed by atoms with van der Waals surface area (Å²) in [5.41, 5.74) is 0. The van der Waals surface area contributed by atoms with Crippen LogP contribution in [0.4, 0.5) is 5.95 Å². The number of amides is 1. The number of aromatic nitrogens is 2. The van der Waals surface area contributed by atoms with Crippen LogP contribution in [0.1, 0.15) is 19.3 Å². The second-order valence-corrected chi connectivity index (χ2v) is 4.27. The normalized spacial score (nSPS) is 18.7. The van der Waals surface area contributed by atoms with E-state index in [1.54, 1.807) is 6.07 Å². The van der Waals surface area contributed by atoms with E-state index in [0.717, 1.165) is 25.8 Å². The van der Waals surface area contributed by atoms with Crippen molar-refractivity contribution in [1.29, 1.82) is 0 Å². The zero-order valence-corrected chi connectivity index (χ0v) is 11.1. The Morgan fingerprint density at radius 1 is 1.32 bits per heavy atom. The van der Waals surface area contributed by atoms with Gasteiger partial charge in [-0.05, 0) is 19.4 Å². The number of nitrogens with one attached hydrogen (secondary N) is 2. The highest BCUT2D eigenvalue weighted by molar-refractivity contribution is 5.93. The first-order chi connectivity index (χ1) is 9.22. The summed E-state index contributed by atoms with van der Waals surface area (Å²) in [5, 5.41) is 5.84. The van der Waals surface area contributed by atoms with Crippen molar-refractivity contribution in [1.82, 2.24) is 15.3 Å². The van der Waals surface area contributed by atoms with E-state index < -0.39 is 0 Å². The van der Waals surface area contributed by atoms with Crippen LogP contribution in [0.5, 0.6) is 11.8 Å². The topological polar surface area (TPSA) is 85.4 Å². The van der Waals surface area contributed by atoms with Crippen LogP contribution in [0.15, 0.2) is 6.07 Å². The Morgan fingerprint density at radius 3 is 2.53 bits per heavy atom. The first-order valence-electron chi connectivity index (χ1n) is 6.24. The van der Waals surface area contributed by atoms with Gasteiger partial charge in [0.25, 0.3) is 0 Å². The molecule has 7 nitrogen and oxygen atoms in total. The number of methoxy groups -OCH3 is 2. The van der Waals surface area contributed by atoms with E-state index in [-0.39, 0.29) is 17.9 Å². The first kappa shape index (κ1) is 13.5. The van der Waals surface area contributed by atoms with Crippen molar-refractivity contribution in [2.75, 3.05) is 26.1 Å². The van der Waals surface area contributed by atoms with Gasteiger partial charge >= 0.3 is 0 Å². The van der Waals surface area contributed by atoms with Gasteiger partial charge in [-0.15, -0.1) is 0 Å². The highest BCUT2D eigenvalue weighted by atomic mass is 16.5. The van der Waals surface area contributed by atoms with Crippen LogP contribution in [-0.4, -0.2) is 42.7 Å². The van der Waals surface area contributed by atoms with E-state index in [1.807, 2.05) is 0 Å². The molecule has 2 rings (SSSR count). The third-order valence-electron chi connectivity index (χ3n) is 2.96. The van der Waals surface area contributed by atoms with Crippen molar-refractivity contribution < 1.29 is 14.3 Å². The first-order valence-corrected chi connectivity index (χ1v) is 6.24. The summed E-state index contributed by atoms with van der Waals surface area (Å²) >= 11 is 0. The standard InChI is InChI=1S/C12H18N4O3/c1-18-9-7-10(19-2)15-12(14-9)16-11(17)8-5-3-4-6-13-8/h7-8,13H,3-6H2,1-2H3,(H,14,15,16,17)/t8-/m0/s1. The molecule has 19 heavy (non-hydrogen) atoms. The molecule has 0 saturated carbocycles. The molecule has 0 radical (unpaired) electrons. The summed E-state index contributed by atoms with van der Waals surface area (Å²) in [7, 11) is 2.99. The molecular weight excluding hydrogens is 248 g/mol. The molecule has 2 heterocycles. The molecule has 1 aromatic rings. The number of carbonyl (C=O) groups is 1. The maximum absolute atomic E-state index is 12.0. The molecule has 1 fully saturated rings. The zero-order valence-electron chi connectivity index (χ0n) is 11.1. The summed E-state index contributed by atoms with van der Waals surface area (Å²) in [5.74, 6) is 0.751. The number of carbonyl (C=O) groups excluding carboxylic acids is 1. The lowest BCUT2D eigenvalue weighted by Gasteiger charge is -2.22. The second-order valence-electron chi connectivity index (χ2n) is 4.27. The molecule has 0 aromatic carbocycles. The number of nitrogens with zero attached hydrogens (tertiary/aromatic N) is 2. The van der Waals surface area contributed by atoms with Gasteiger partial charge in [-0.1, -0.05) is 6.42 Å². The third kappa shape index (κ3) is 3.54. The van der Waals surface area contributed by atoms with Crippen molar-refractivity contribution in [3.05, 3.63) is 6.07 Å². The second kappa shape index (κ2) is 6.33. The number of hydrogen-bond acceptors (Lipinski definition) is 6. The van der Waals surface area contributed by atoms with Gasteiger partial charge in [0.2, 0.25) is 23.6 Å². The minimum atomic E-state index is -0.186. The predicted molar refractivity (Wildman–Crippen MR) is 69.4 cm³/mol. The van der Waals surface area contributed by atoms with Gasteiger partial charge in [-0.2, -0.15) is 9.97 Å². The number of ether oxygens (including phenoxy) is 2. The van der Waals surface area contributed by atoms with Crippen molar-refractivity contribution in [2.45, 2.75) is 25.3 Å². The van der Waals surface area contributed by atoms with Gasteiger partial charge in [-0.25, -0.2) is 0 Å². The van der Waals surface area contributed by atoms with Gasteiger partial charge in [0.15, 0.2) is 0 Å². The number of hydrogen-bond donors (Lipinski definition) is 2. The molecular formula is C12H18N4O3. The van der Waals surface area contributed by atoms with Gasteiger partial charge in [0, 0.05) is 0 Å². The van der Waals surface area contributed by atoms with Gasteiger partial charge in [0.05, 0.1) is 26.3 Å². The Balaban J connectivity index is 2.06. The van der Waals surface area contributed by atoms with Crippen molar-refractivity contribution in [3.8, 4) is 11.8 Å². The van der Waals surface area contributed by atoms with Crippen LogP contribution in [0.2, 0.25) is 0 Å². The molecule has 7 heteroatoms. The highest BCUT2D eigenvalue weighted by Crippen LogP contribution is 2.18. The highest BCUT2D eigenvalue weighted by Gasteiger charge is 2.21. The molecule has 2 N–H and O–H groups in total. The predicted octanol–water partition coefficient (Wildman–Crippen LogP) is 0.574. The van der Waals surface area contributed by atoms with Crippen LogP contribution >= 0.6 is 0 Å². The monoisotopic (exact) mass is 266 g/mol. The number of piperidine rings is 1. The minimum Gasteiger partial charge on any atom is -0.481 e. The maximum atomic E-state index is 12.0. The van der Waals surface area contributed by atoms with Gasteiger partial charge in [-0.3, -0.25) is 10.1 Å². The van der Waals surface area contributed by atoms with E-state index in [9.17, 15) is 4.79 Å². The van der Waals surface area contributed by atoms with Gasteiger partial charge in [0.1, 0.15) is 0 Å². The fourth-order valence-corrected chi connectivity index (χ4v) is 1.94. The lowest BCUT2D eigenvalue weighted by atomic mass is 10.0. The number of anilines is 1. The van der Waals surface area contributed by atoms with Crippen molar-refractivity contribution in [3.63, 3.8) is 0 Å². The fraction of sp³-hybridized carbons (Fsp3) is 0.583. The molecule has 1 amide bonds. The Morgan fingerprint density at radius 2 is 2.00 bits per heavy atom. The summed E-state index contributed by atoms with van der Waals surface area (Å²) in [6.45, 7) is 0.861. The molecule has 0 bridgehead atoms. The van der Waals surface area contributed by atoms with Crippen LogP contribution in [0, 0.1) is 0 Å². The summed E-state index contributed by atoms with van der Waals surface area (Å²) in [6, 6.07) is 1.36. The minimum absolute atomic E-state index is 0.130. The summed E-state index contributed by atoms with van der Waals surface area (Å²) in [6.07, 6.45) is 2.98. The van der Waals surface area contributed by atoms with Gasteiger partial charge < -0.3 is 14.8 Å². The smallest absolute Gasteiger partial charge is 0.243 e. The third-order valence-corrected chi connectivity index (χ3v) is 2.96. The average Bonchev–Trinajstić information content (AvgIpc) is 2.47. The Kier molecular flexibility index (Phi) is 4.51. The Bertz CT molecular complexity index is 424. The van der Waals surface area contributed by atoms with E-state index in [2.05, 4.69) is 20.6 Å². The lowest BCUT2D eigenvalue weighted by molar-refractivity contribution is -0.118. The van der Waals surface area contributed by atoms with E-state index >= 15 is 0 Å². The van der Waals surface area contributed by atoms with Crippen LogP contribution < -0.4 is 20.1 Å². The average molecular weight is 266 g/mol. The molecule has 1 saturated heterocycles. The molecule has 1 aromatic heterocycles. The maximum Gasteiger partial charge on any atom is 0.243 e. The van der Waals surface area contributed by atoms with Crippen molar-refractivity contribution in [2.24, 2.45) is 0 Å². The zero-order chi connectivity index (χ0) is 13.7. The van der Waals surface area contributed by atoms with Crippen LogP contribution in [0.3, 0.4) is 0 Å². The summed E-state index contributed by atoms with van der Waals surface area (Å²) in [4.78, 5) is 20.2. The molecule has 1 aliphatic heterocycles. The van der Waals surface area contributed by atoms with Crippen LogP contribution in [0.25, 0.3) is 0 Å². The van der Waals surface area contributed by atoms with Crippen LogP contribution in [-0.2, 0) is 4.79 Å². The molecule has 0 aliphatic carbocycles. The molecule has 104 valence electrons. The SMILES string of the molecule is COc1cc(OC)nc(NC(=O)[C@@H]2CCCCN2)n1. The lowest BCUT2D eigenvalue weighted by Crippen LogP contribution is -2.43.